The zero-order valence-electron chi connectivity index (χ0n) is 14.7. The molecule has 134 valence electrons. The number of nitrogens with one attached hydrogen (secondary N) is 1. The second kappa shape index (κ2) is 8.09. The number of hydrogen-bond acceptors (Lipinski definition) is 7. The number of benzene rings is 1. The highest BCUT2D eigenvalue weighted by atomic mass is 16.5. The van der Waals surface area contributed by atoms with Crippen LogP contribution < -0.4 is 15.8 Å². The lowest BCUT2D eigenvalue weighted by atomic mass is 10.2. The maximum Gasteiger partial charge on any atom is 0.204 e. The zero-order valence-corrected chi connectivity index (χ0v) is 14.7. The first kappa shape index (κ1) is 17.4. The Kier molecular flexibility index (Phi) is 5.62. The molecule has 0 atom stereocenters. The van der Waals surface area contributed by atoms with Gasteiger partial charge in [0.25, 0.3) is 0 Å². The second-order valence-electron chi connectivity index (χ2n) is 5.78. The Hall–Kier alpha value is -2.45. The summed E-state index contributed by atoms with van der Waals surface area (Å²) in [5, 5.41) is 11.8. The summed E-state index contributed by atoms with van der Waals surface area (Å²) in [4.78, 5) is 4.73. The van der Waals surface area contributed by atoms with Crippen LogP contribution in [0.15, 0.2) is 18.2 Å². The van der Waals surface area contributed by atoms with Gasteiger partial charge in [-0.1, -0.05) is 0 Å². The first-order valence-corrected chi connectivity index (χ1v) is 8.45. The maximum atomic E-state index is 5.69. The Morgan fingerprint density at radius 2 is 2.08 bits per heavy atom. The third-order valence-corrected chi connectivity index (χ3v) is 3.94. The molecule has 3 rings (SSSR count). The molecule has 0 aliphatic rings. The van der Waals surface area contributed by atoms with Gasteiger partial charge in [0.1, 0.15) is 18.2 Å². The van der Waals surface area contributed by atoms with E-state index in [0.717, 1.165) is 53.5 Å². The van der Waals surface area contributed by atoms with Crippen LogP contribution in [0.4, 0.5) is 5.82 Å². The lowest BCUT2D eigenvalue weighted by molar-refractivity contribution is 0.146. The van der Waals surface area contributed by atoms with Crippen molar-refractivity contribution in [3.8, 4) is 5.75 Å². The molecule has 0 unspecified atom stereocenters. The topological polar surface area (TPSA) is 99.6 Å². The second-order valence-corrected chi connectivity index (χ2v) is 5.78. The Labute approximate surface area is 146 Å². The monoisotopic (exact) mass is 344 g/mol. The highest BCUT2D eigenvalue weighted by Gasteiger charge is 2.13. The van der Waals surface area contributed by atoms with Gasteiger partial charge >= 0.3 is 0 Å². The first-order chi connectivity index (χ1) is 12.2. The Bertz CT molecular complexity index is 848. The third kappa shape index (κ3) is 3.80. The van der Waals surface area contributed by atoms with Crippen molar-refractivity contribution >= 4 is 22.5 Å². The predicted octanol–water partition coefficient (Wildman–Crippen LogP) is 1.76. The fraction of sp³-hybridized carbons (Fsp3) is 0.471. The zero-order chi connectivity index (χ0) is 17.6. The van der Waals surface area contributed by atoms with Crippen LogP contribution in [-0.4, -0.2) is 53.0 Å². The molecule has 0 saturated heterocycles. The van der Waals surface area contributed by atoms with Gasteiger partial charge in [0.15, 0.2) is 5.82 Å². The molecule has 0 saturated carbocycles. The van der Waals surface area contributed by atoms with Crippen molar-refractivity contribution in [3.05, 3.63) is 24.0 Å². The van der Waals surface area contributed by atoms with E-state index in [1.807, 2.05) is 29.5 Å². The molecule has 1 aromatic carbocycles. The van der Waals surface area contributed by atoms with Gasteiger partial charge < -0.3 is 20.5 Å². The molecule has 3 N–H and O–H groups in total. The van der Waals surface area contributed by atoms with Crippen molar-refractivity contribution in [1.82, 2.24) is 19.6 Å². The largest absolute Gasteiger partial charge is 0.491 e. The molecule has 3 aromatic rings. The van der Waals surface area contributed by atoms with Crippen LogP contribution in [0.25, 0.3) is 16.7 Å². The van der Waals surface area contributed by atoms with Crippen LogP contribution >= 0.6 is 0 Å². The Morgan fingerprint density at radius 3 is 2.88 bits per heavy atom. The fourth-order valence-corrected chi connectivity index (χ4v) is 2.68. The van der Waals surface area contributed by atoms with Gasteiger partial charge in [0.2, 0.25) is 5.65 Å². The fourth-order valence-electron chi connectivity index (χ4n) is 2.68. The number of anilines is 1. The average molecular weight is 344 g/mol. The number of methoxy groups -OCH3 is 1. The minimum Gasteiger partial charge on any atom is -0.491 e. The normalized spacial score (nSPS) is 11.3. The molecule has 0 spiro atoms. The van der Waals surface area contributed by atoms with Crippen LogP contribution in [0.1, 0.15) is 18.7 Å². The van der Waals surface area contributed by atoms with Crippen LogP contribution in [0.2, 0.25) is 0 Å². The molecule has 0 bridgehead atoms. The number of unbranched alkanes of at least 4 members (excludes halogenated alkanes) is 1. The Balaban J connectivity index is 1.95. The molecular weight excluding hydrogens is 320 g/mol. The molecule has 0 amide bonds. The van der Waals surface area contributed by atoms with Crippen molar-refractivity contribution in [2.45, 2.75) is 19.8 Å². The highest BCUT2D eigenvalue weighted by molar-refractivity contribution is 5.84. The van der Waals surface area contributed by atoms with Crippen molar-refractivity contribution in [2.24, 2.45) is 5.73 Å². The molecule has 0 radical (unpaired) electrons. The molecule has 2 heterocycles. The number of nitrogens with two attached hydrogens (primary N) is 1. The van der Waals surface area contributed by atoms with E-state index in [0.29, 0.717) is 19.8 Å². The number of hydrogen-bond donors (Lipinski definition) is 2. The Morgan fingerprint density at radius 1 is 1.20 bits per heavy atom. The summed E-state index contributed by atoms with van der Waals surface area (Å²) in [5.74, 6) is 2.30. The summed E-state index contributed by atoms with van der Waals surface area (Å²) in [6.45, 7) is 4.46. The van der Waals surface area contributed by atoms with Gasteiger partial charge in [-0.05, 0) is 38.4 Å². The van der Waals surface area contributed by atoms with E-state index >= 15 is 0 Å². The minimum atomic E-state index is 0.500. The summed E-state index contributed by atoms with van der Waals surface area (Å²) in [7, 11) is 1.65. The van der Waals surface area contributed by atoms with E-state index in [4.69, 9.17) is 20.2 Å². The lowest BCUT2D eigenvalue weighted by Crippen LogP contribution is -2.09. The van der Waals surface area contributed by atoms with E-state index in [1.54, 1.807) is 7.11 Å². The van der Waals surface area contributed by atoms with E-state index in [-0.39, 0.29) is 0 Å². The van der Waals surface area contributed by atoms with Crippen molar-refractivity contribution in [2.75, 3.05) is 38.7 Å². The van der Waals surface area contributed by atoms with Crippen molar-refractivity contribution < 1.29 is 9.47 Å². The lowest BCUT2D eigenvalue weighted by Gasteiger charge is -2.11. The average Bonchev–Trinajstić information content (AvgIpc) is 3.01. The number of ether oxygens (including phenoxy) is 2. The standard InChI is InChI=1S/C17H24N6O2/c1-12-21-22-17-16(19-8-4-3-7-18)20-14-11-13(25-10-9-24-2)5-6-15(14)23(12)17/h5-6,11H,3-4,7-10,18H2,1-2H3,(H,19,20). The molecule has 2 aromatic heterocycles. The van der Waals surface area contributed by atoms with E-state index in [2.05, 4.69) is 15.5 Å². The van der Waals surface area contributed by atoms with Gasteiger partial charge in [-0.2, -0.15) is 0 Å². The smallest absolute Gasteiger partial charge is 0.204 e. The van der Waals surface area contributed by atoms with Gasteiger partial charge in [-0.15, -0.1) is 10.2 Å². The molecule has 8 heteroatoms. The summed E-state index contributed by atoms with van der Waals surface area (Å²) < 4.78 is 12.7. The van der Waals surface area contributed by atoms with Crippen LogP contribution in [0.3, 0.4) is 0 Å². The SMILES string of the molecule is COCCOc1ccc2c(c1)nc(NCCCCN)c1nnc(C)n12. The quantitative estimate of drug-likeness (QED) is 0.571. The van der Waals surface area contributed by atoms with Crippen LogP contribution in [0, 0.1) is 6.92 Å². The molecule has 0 fully saturated rings. The van der Waals surface area contributed by atoms with Crippen LogP contribution in [0.5, 0.6) is 5.75 Å². The summed E-state index contributed by atoms with van der Waals surface area (Å²) in [5.41, 5.74) is 8.05. The first-order valence-electron chi connectivity index (χ1n) is 8.45. The highest BCUT2D eigenvalue weighted by Crippen LogP contribution is 2.25. The number of rotatable bonds is 9. The van der Waals surface area contributed by atoms with Crippen molar-refractivity contribution in [1.29, 1.82) is 0 Å². The summed E-state index contributed by atoms with van der Waals surface area (Å²) >= 11 is 0. The molecule has 8 nitrogen and oxygen atoms in total. The number of aromatic nitrogens is 4. The van der Waals surface area contributed by atoms with Crippen LogP contribution in [-0.2, 0) is 4.74 Å². The van der Waals surface area contributed by atoms with Gasteiger partial charge in [-0.3, -0.25) is 4.40 Å². The summed E-state index contributed by atoms with van der Waals surface area (Å²) in [6.07, 6.45) is 1.95. The molecule has 0 aliphatic carbocycles. The molecular formula is C17H24N6O2. The predicted molar refractivity (Wildman–Crippen MR) is 97.2 cm³/mol. The summed E-state index contributed by atoms with van der Waals surface area (Å²) in [6, 6.07) is 5.83. The van der Waals surface area contributed by atoms with E-state index in [1.165, 1.54) is 0 Å². The van der Waals surface area contributed by atoms with Crippen molar-refractivity contribution in [3.63, 3.8) is 0 Å². The third-order valence-electron chi connectivity index (χ3n) is 3.94. The number of fused-ring (bicyclic) bond motifs is 3. The van der Waals surface area contributed by atoms with Gasteiger partial charge in [0, 0.05) is 19.7 Å². The van der Waals surface area contributed by atoms with E-state index in [9.17, 15) is 0 Å². The number of aryl methyl sites for hydroxylation is 1. The minimum absolute atomic E-state index is 0.500. The van der Waals surface area contributed by atoms with Gasteiger partial charge in [-0.25, -0.2) is 4.98 Å². The molecule has 0 aliphatic heterocycles. The maximum absolute atomic E-state index is 5.69. The number of nitrogens with zero attached hydrogens (tertiary/aromatic N) is 4. The molecule has 25 heavy (non-hydrogen) atoms. The van der Waals surface area contributed by atoms with Gasteiger partial charge in [0.05, 0.1) is 17.6 Å². The van der Waals surface area contributed by atoms with E-state index < -0.39 is 0 Å².